The van der Waals surface area contributed by atoms with Crippen molar-refractivity contribution >= 4 is 23.2 Å². The number of amides is 1. The van der Waals surface area contributed by atoms with E-state index >= 15 is 0 Å². The summed E-state index contributed by atoms with van der Waals surface area (Å²) in [6.07, 6.45) is 4.94. The van der Waals surface area contributed by atoms with Crippen LogP contribution >= 0.6 is 11.6 Å². The summed E-state index contributed by atoms with van der Waals surface area (Å²) in [7, 11) is 0. The van der Waals surface area contributed by atoms with Gasteiger partial charge in [0, 0.05) is 22.8 Å². The van der Waals surface area contributed by atoms with Crippen LogP contribution in [0.5, 0.6) is 5.75 Å². The van der Waals surface area contributed by atoms with Crippen LogP contribution in [0.25, 0.3) is 0 Å². The van der Waals surface area contributed by atoms with Crippen molar-refractivity contribution in [3.05, 3.63) is 94.5 Å². The number of nitrogens with one attached hydrogen (secondary N) is 1. The Labute approximate surface area is 175 Å². The Hall–Kier alpha value is -3.42. The summed E-state index contributed by atoms with van der Waals surface area (Å²) in [4.78, 5) is 15.2. The summed E-state index contributed by atoms with van der Waals surface area (Å²) >= 11 is 6.38. The molecule has 1 atom stereocenters. The first-order valence-corrected chi connectivity index (χ1v) is 9.62. The highest BCUT2D eigenvalue weighted by Gasteiger charge is 2.34. The number of carbonyl (C=O) groups is 1. The van der Waals surface area contributed by atoms with E-state index in [2.05, 4.69) is 11.2 Å². The van der Waals surface area contributed by atoms with Gasteiger partial charge >= 0.3 is 0 Å². The van der Waals surface area contributed by atoms with Gasteiger partial charge in [-0.3, -0.25) is 4.79 Å². The van der Waals surface area contributed by atoms with Crippen molar-refractivity contribution in [2.24, 2.45) is 0 Å². The van der Waals surface area contributed by atoms with E-state index in [1.165, 1.54) is 0 Å². The Balaban J connectivity index is 1.79. The first-order chi connectivity index (χ1) is 14.2. The van der Waals surface area contributed by atoms with Gasteiger partial charge in [0.25, 0.3) is 5.91 Å². The second-order valence-electron chi connectivity index (χ2n) is 6.65. The van der Waals surface area contributed by atoms with Crippen LogP contribution in [-0.2, 0) is 6.54 Å². The van der Waals surface area contributed by atoms with Gasteiger partial charge < -0.3 is 15.0 Å². The highest BCUT2D eigenvalue weighted by Crippen LogP contribution is 2.38. The number of nitrogens with zero attached hydrogens (tertiary/aromatic N) is 1. The molecule has 1 amide bonds. The molecule has 1 N–H and O–H groups in total. The number of anilines is 1. The first kappa shape index (κ1) is 18.9. The van der Waals surface area contributed by atoms with Crippen molar-refractivity contribution < 1.29 is 9.53 Å². The second kappa shape index (κ2) is 8.30. The van der Waals surface area contributed by atoms with E-state index in [-0.39, 0.29) is 12.5 Å². The van der Waals surface area contributed by atoms with Gasteiger partial charge in [0.15, 0.2) is 0 Å². The maximum absolute atomic E-state index is 13.4. The van der Waals surface area contributed by atoms with Gasteiger partial charge in [-0.1, -0.05) is 66.1 Å². The number of fused-ring (bicyclic) bond motifs is 1. The predicted octanol–water partition coefficient (Wildman–Crippen LogP) is 5.12. The Morgan fingerprint density at radius 1 is 1.03 bits per heavy atom. The Morgan fingerprint density at radius 3 is 2.59 bits per heavy atom. The zero-order valence-electron chi connectivity index (χ0n) is 15.6. The third-order valence-electron chi connectivity index (χ3n) is 4.85. The molecule has 1 unspecified atom stereocenters. The number of hydrogen-bond acceptors (Lipinski definition) is 3. The van der Waals surface area contributed by atoms with Crippen molar-refractivity contribution in [2.45, 2.75) is 12.7 Å². The smallest absolute Gasteiger partial charge is 0.258 e. The summed E-state index contributed by atoms with van der Waals surface area (Å²) in [5.74, 6) is 3.05. The normalized spacial score (nSPS) is 15.2. The minimum Gasteiger partial charge on any atom is -0.481 e. The third kappa shape index (κ3) is 3.78. The van der Waals surface area contributed by atoms with Crippen LogP contribution in [-0.4, -0.2) is 17.4 Å². The SMILES string of the molecule is C#CCOc1ccccc1C1Nc2ccccc2C(=O)N1Cc1ccccc1Cl. The molecule has 4 nitrogen and oxygen atoms in total. The number of para-hydroxylation sites is 2. The van der Waals surface area contributed by atoms with Crippen molar-refractivity contribution in [3.8, 4) is 18.1 Å². The fraction of sp³-hybridized carbons (Fsp3) is 0.125. The zero-order valence-corrected chi connectivity index (χ0v) is 16.4. The fourth-order valence-corrected chi connectivity index (χ4v) is 3.66. The molecule has 0 bridgehead atoms. The first-order valence-electron chi connectivity index (χ1n) is 9.24. The van der Waals surface area contributed by atoms with Crippen LogP contribution in [0.3, 0.4) is 0 Å². The summed E-state index contributed by atoms with van der Waals surface area (Å²) in [6.45, 7) is 0.507. The second-order valence-corrected chi connectivity index (χ2v) is 7.05. The lowest BCUT2D eigenvalue weighted by molar-refractivity contribution is 0.0664. The van der Waals surface area contributed by atoms with E-state index in [4.69, 9.17) is 22.8 Å². The molecular weight excluding hydrogens is 384 g/mol. The fourth-order valence-electron chi connectivity index (χ4n) is 3.47. The molecule has 0 radical (unpaired) electrons. The number of hydrogen-bond donors (Lipinski definition) is 1. The maximum Gasteiger partial charge on any atom is 0.258 e. The van der Waals surface area contributed by atoms with Crippen molar-refractivity contribution in [3.63, 3.8) is 0 Å². The molecule has 0 fully saturated rings. The molecule has 0 aromatic heterocycles. The molecule has 0 spiro atoms. The molecule has 4 rings (SSSR count). The number of halogens is 1. The summed E-state index contributed by atoms with van der Waals surface area (Å²) in [5, 5.41) is 4.10. The van der Waals surface area contributed by atoms with Gasteiger partial charge in [-0.15, -0.1) is 6.42 Å². The molecule has 0 saturated carbocycles. The number of terminal acetylenes is 1. The average molecular weight is 403 g/mol. The molecular formula is C24H19ClN2O2. The predicted molar refractivity (Wildman–Crippen MR) is 115 cm³/mol. The Morgan fingerprint density at radius 2 is 1.76 bits per heavy atom. The molecule has 0 aliphatic carbocycles. The van der Waals surface area contributed by atoms with Gasteiger partial charge in [-0.2, -0.15) is 0 Å². The van der Waals surface area contributed by atoms with E-state index in [0.717, 1.165) is 16.8 Å². The molecule has 144 valence electrons. The van der Waals surface area contributed by atoms with Gasteiger partial charge in [-0.25, -0.2) is 0 Å². The van der Waals surface area contributed by atoms with Gasteiger partial charge in [0.1, 0.15) is 18.5 Å². The van der Waals surface area contributed by atoms with E-state index in [1.54, 1.807) is 4.90 Å². The molecule has 3 aromatic rings. The molecule has 1 aliphatic heterocycles. The van der Waals surface area contributed by atoms with Crippen molar-refractivity contribution in [1.29, 1.82) is 0 Å². The lowest BCUT2D eigenvalue weighted by Gasteiger charge is -2.38. The number of carbonyl (C=O) groups excluding carboxylic acids is 1. The average Bonchev–Trinajstić information content (AvgIpc) is 2.76. The highest BCUT2D eigenvalue weighted by atomic mass is 35.5. The zero-order chi connectivity index (χ0) is 20.2. The monoisotopic (exact) mass is 402 g/mol. The Bertz CT molecular complexity index is 1090. The summed E-state index contributed by atoms with van der Waals surface area (Å²) in [6, 6.07) is 22.6. The van der Waals surface area contributed by atoms with Crippen LogP contribution in [0.15, 0.2) is 72.8 Å². The highest BCUT2D eigenvalue weighted by molar-refractivity contribution is 6.31. The number of rotatable bonds is 5. The molecule has 5 heteroatoms. The van der Waals surface area contributed by atoms with E-state index in [0.29, 0.717) is 22.9 Å². The van der Waals surface area contributed by atoms with Crippen LogP contribution in [0.2, 0.25) is 5.02 Å². The standard InChI is InChI=1S/C24H19ClN2O2/c1-2-15-29-22-14-8-5-11-19(22)23-26-21-13-7-4-10-18(21)24(28)27(23)16-17-9-3-6-12-20(17)25/h1,3-14,23,26H,15-16H2. The molecule has 1 aliphatic rings. The quantitative estimate of drug-likeness (QED) is 0.602. The third-order valence-corrected chi connectivity index (χ3v) is 5.21. The van der Waals surface area contributed by atoms with Crippen molar-refractivity contribution in [1.82, 2.24) is 4.90 Å². The minimum absolute atomic E-state index is 0.0731. The van der Waals surface area contributed by atoms with Crippen LogP contribution in [0, 0.1) is 12.3 Å². The minimum atomic E-state index is -0.428. The van der Waals surface area contributed by atoms with E-state index in [1.807, 2.05) is 72.8 Å². The van der Waals surface area contributed by atoms with Gasteiger partial charge in [0.2, 0.25) is 0 Å². The lowest BCUT2D eigenvalue weighted by Crippen LogP contribution is -2.42. The molecule has 0 saturated heterocycles. The maximum atomic E-state index is 13.4. The van der Waals surface area contributed by atoms with Gasteiger partial charge in [-0.05, 0) is 29.8 Å². The molecule has 3 aromatic carbocycles. The summed E-state index contributed by atoms with van der Waals surface area (Å²) < 4.78 is 5.74. The van der Waals surface area contributed by atoms with Crippen molar-refractivity contribution in [2.75, 3.05) is 11.9 Å². The summed E-state index contributed by atoms with van der Waals surface area (Å²) in [5.41, 5.74) is 3.11. The lowest BCUT2D eigenvalue weighted by atomic mass is 10.0. The van der Waals surface area contributed by atoms with Crippen LogP contribution in [0.1, 0.15) is 27.7 Å². The largest absolute Gasteiger partial charge is 0.481 e. The van der Waals surface area contributed by atoms with E-state index in [9.17, 15) is 4.79 Å². The van der Waals surface area contributed by atoms with E-state index < -0.39 is 6.17 Å². The molecule has 29 heavy (non-hydrogen) atoms. The number of benzene rings is 3. The van der Waals surface area contributed by atoms with Gasteiger partial charge in [0.05, 0.1) is 5.56 Å². The topological polar surface area (TPSA) is 41.6 Å². The van der Waals surface area contributed by atoms with Crippen LogP contribution < -0.4 is 10.1 Å². The molecule has 1 heterocycles. The van der Waals surface area contributed by atoms with Crippen LogP contribution in [0.4, 0.5) is 5.69 Å². The Kier molecular flexibility index (Phi) is 5.41. The number of ether oxygens (including phenoxy) is 1.